The predicted octanol–water partition coefficient (Wildman–Crippen LogP) is -1.13. The summed E-state index contributed by atoms with van der Waals surface area (Å²) in [5.74, 6) is 0. The zero-order valence-electron chi connectivity index (χ0n) is 5.18. The van der Waals surface area contributed by atoms with Gasteiger partial charge in [0.2, 0.25) is 0 Å². The number of halogens is 1. The molecule has 0 spiro atoms. The molecule has 0 aromatic carbocycles. The van der Waals surface area contributed by atoms with Crippen molar-refractivity contribution in [1.82, 2.24) is 0 Å². The first-order chi connectivity index (χ1) is 3.39. The van der Waals surface area contributed by atoms with Crippen molar-refractivity contribution in [3.05, 3.63) is 42.9 Å². The summed E-state index contributed by atoms with van der Waals surface area (Å²) in [5.41, 5.74) is 1.07. The molecule has 2 radical (unpaired) electrons. The van der Waals surface area contributed by atoms with E-state index in [1.807, 2.05) is 30.7 Å². The fraction of sp³-hybridized carbons (Fsp3) is 0. The van der Waals surface area contributed by atoms with Gasteiger partial charge in [0.25, 0.3) is 0 Å². The van der Waals surface area contributed by atoms with E-state index < -0.39 is 0 Å². The molecule has 0 nitrogen and oxygen atoms in total. The zero-order valence-corrected chi connectivity index (χ0v) is 12.3. The molecule has 0 saturated carbocycles. The van der Waals surface area contributed by atoms with Crippen LogP contribution in [0.5, 0.6) is 0 Å². The van der Waals surface area contributed by atoms with Gasteiger partial charge < -0.3 is 17.0 Å². The van der Waals surface area contributed by atoms with E-state index in [0.29, 0.717) is 0 Å². The summed E-state index contributed by atoms with van der Waals surface area (Å²) < 4.78 is 0. The normalized spacial score (nSPS) is 14.0. The Hall–Kier alpha value is 0.635. The van der Waals surface area contributed by atoms with Crippen LogP contribution >= 0.6 is 0 Å². The molecule has 0 amide bonds. The van der Waals surface area contributed by atoms with Crippen molar-refractivity contribution in [3.8, 4) is 0 Å². The Bertz CT molecular complexity index is 136. The Morgan fingerprint density at radius 2 is 1.78 bits per heavy atom. The summed E-state index contributed by atoms with van der Waals surface area (Å²) in [6.07, 6.45) is 9.87. The molecule has 0 unspecified atom stereocenters. The van der Waals surface area contributed by atoms with E-state index >= 15 is 0 Å². The van der Waals surface area contributed by atoms with E-state index in [2.05, 4.69) is 6.58 Å². The smallest absolute Gasteiger partial charge is 1.00 e. The van der Waals surface area contributed by atoms with Gasteiger partial charge in [0, 0.05) is 6.42 Å². The van der Waals surface area contributed by atoms with Crippen molar-refractivity contribution in [1.29, 1.82) is 0 Å². The predicted molar refractivity (Wildman–Crippen MR) is 31.7 cm³/mol. The molecule has 0 heterocycles. The first-order valence-corrected chi connectivity index (χ1v) is 2.26. The van der Waals surface area contributed by atoms with Crippen molar-refractivity contribution in [3.63, 3.8) is 0 Å². The third-order valence-corrected chi connectivity index (χ3v) is 0.843. The maximum Gasteiger partial charge on any atom is 1.00 e. The first kappa shape index (κ1) is 12.3. The molecule has 0 N–H and O–H groups in total. The van der Waals surface area contributed by atoms with Crippen molar-refractivity contribution >= 4 is 0 Å². The number of hydrogen-bond donors (Lipinski definition) is 0. The molecule has 1 aliphatic carbocycles. The SMILES string of the molecule is C=C1[CH]C=CC=C1.[Br-].[Hg+]. The summed E-state index contributed by atoms with van der Waals surface area (Å²) in [7, 11) is 0. The van der Waals surface area contributed by atoms with Gasteiger partial charge in [-0.25, -0.2) is 0 Å². The first-order valence-electron chi connectivity index (χ1n) is 2.26. The van der Waals surface area contributed by atoms with E-state index in [1.165, 1.54) is 0 Å². The van der Waals surface area contributed by atoms with Crippen LogP contribution in [0.4, 0.5) is 0 Å². The molecule has 1 aliphatic rings. The van der Waals surface area contributed by atoms with Gasteiger partial charge in [0.05, 0.1) is 0 Å². The Labute approximate surface area is 87.0 Å². The minimum absolute atomic E-state index is 0. The molecule has 0 bridgehead atoms. The van der Waals surface area contributed by atoms with Crippen LogP contribution in [-0.2, 0) is 27.7 Å². The van der Waals surface area contributed by atoms with Crippen molar-refractivity contribution in [2.45, 2.75) is 0 Å². The van der Waals surface area contributed by atoms with Crippen LogP contribution in [0.2, 0.25) is 0 Å². The molecular weight excluding hydrogens is 365 g/mol. The largest absolute Gasteiger partial charge is 1.00 e. The quantitative estimate of drug-likeness (QED) is 0.473. The molecule has 0 aromatic rings. The number of allylic oxidation sites excluding steroid dienone is 5. The Morgan fingerprint density at radius 1 is 1.11 bits per heavy atom. The van der Waals surface area contributed by atoms with Gasteiger partial charge >= 0.3 is 27.7 Å². The number of rotatable bonds is 0. The molecule has 9 heavy (non-hydrogen) atoms. The molecule has 1 rings (SSSR count). The van der Waals surface area contributed by atoms with E-state index in [1.54, 1.807) is 0 Å². The minimum Gasteiger partial charge on any atom is -1.00 e. The molecule has 0 fully saturated rings. The second-order valence-electron chi connectivity index (χ2n) is 1.49. The molecule has 44 valence electrons. The summed E-state index contributed by atoms with van der Waals surface area (Å²) in [6.45, 7) is 3.72. The summed E-state index contributed by atoms with van der Waals surface area (Å²) in [4.78, 5) is 0. The fourth-order valence-electron chi connectivity index (χ4n) is 0.478. The van der Waals surface area contributed by atoms with Crippen molar-refractivity contribution in [2.24, 2.45) is 0 Å². The Balaban J connectivity index is 0. The van der Waals surface area contributed by atoms with Gasteiger partial charge in [-0.05, 0) is 5.57 Å². The van der Waals surface area contributed by atoms with Crippen LogP contribution in [-0.4, -0.2) is 0 Å². The average Bonchev–Trinajstić information content (AvgIpc) is 1.69. The number of hydrogen-bond acceptors (Lipinski definition) is 0. The van der Waals surface area contributed by atoms with Gasteiger partial charge in [-0.1, -0.05) is 30.9 Å². The van der Waals surface area contributed by atoms with E-state index in [-0.39, 0.29) is 44.7 Å². The molecule has 0 atom stereocenters. The molecule has 0 saturated heterocycles. The maximum absolute atomic E-state index is 3.72. The van der Waals surface area contributed by atoms with Crippen LogP contribution < -0.4 is 17.0 Å². The average molecular weight is 372 g/mol. The van der Waals surface area contributed by atoms with Crippen LogP contribution in [0.25, 0.3) is 0 Å². The van der Waals surface area contributed by atoms with Crippen molar-refractivity contribution in [2.75, 3.05) is 0 Å². The monoisotopic (exact) mass is 372 g/mol. The van der Waals surface area contributed by atoms with Crippen LogP contribution in [0.15, 0.2) is 36.5 Å². The van der Waals surface area contributed by atoms with E-state index in [4.69, 9.17) is 0 Å². The van der Waals surface area contributed by atoms with Gasteiger partial charge in [0.15, 0.2) is 0 Å². The van der Waals surface area contributed by atoms with Gasteiger partial charge in [-0.2, -0.15) is 0 Å². The standard InChI is InChI=1S/C7H7.BrH.Hg/c1-7-5-3-2-4-6-7;;/h2-6H,1H2;1H;/q;;+1/p-1. The molecular formula is C7H7BrHg. The van der Waals surface area contributed by atoms with Crippen LogP contribution in [0.1, 0.15) is 0 Å². The van der Waals surface area contributed by atoms with Crippen LogP contribution in [0, 0.1) is 6.42 Å². The maximum atomic E-state index is 3.72. The zero-order chi connectivity index (χ0) is 5.11. The third-order valence-electron chi connectivity index (χ3n) is 0.843. The van der Waals surface area contributed by atoms with Crippen molar-refractivity contribution < 1.29 is 44.7 Å². The van der Waals surface area contributed by atoms with E-state index in [9.17, 15) is 0 Å². The van der Waals surface area contributed by atoms with Gasteiger partial charge in [0.1, 0.15) is 0 Å². The molecule has 0 aliphatic heterocycles. The third kappa shape index (κ3) is 5.10. The Kier molecular flexibility index (Phi) is 9.24. The second-order valence-corrected chi connectivity index (χ2v) is 1.49. The topological polar surface area (TPSA) is 0 Å². The summed E-state index contributed by atoms with van der Waals surface area (Å²) >= 11 is 0. The van der Waals surface area contributed by atoms with Gasteiger partial charge in [-0.3, -0.25) is 0 Å². The Morgan fingerprint density at radius 3 is 2.00 bits per heavy atom. The minimum atomic E-state index is 0. The summed E-state index contributed by atoms with van der Waals surface area (Å²) in [6, 6.07) is 0. The second kappa shape index (κ2) is 6.75. The summed E-state index contributed by atoms with van der Waals surface area (Å²) in [5, 5.41) is 0. The van der Waals surface area contributed by atoms with Crippen LogP contribution in [0.3, 0.4) is 0 Å². The fourth-order valence-corrected chi connectivity index (χ4v) is 0.478. The van der Waals surface area contributed by atoms with E-state index in [0.717, 1.165) is 5.57 Å². The van der Waals surface area contributed by atoms with Gasteiger partial charge in [-0.15, -0.1) is 0 Å². The molecule has 0 aromatic heterocycles. The molecule has 2 heteroatoms.